The number of aromatic nitrogens is 1. The molecule has 2 aromatic heterocycles. The topological polar surface area (TPSA) is 83.0 Å². The predicted octanol–water partition coefficient (Wildman–Crippen LogP) is 7.81. The van der Waals surface area contributed by atoms with Crippen LogP contribution in [0, 0.1) is 5.92 Å². The van der Waals surface area contributed by atoms with Gasteiger partial charge in [0.05, 0.1) is 11.8 Å². The van der Waals surface area contributed by atoms with Gasteiger partial charge in [-0.2, -0.15) is 0 Å². The fourth-order valence-corrected chi connectivity index (χ4v) is 7.45. The summed E-state index contributed by atoms with van der Waals surface area (Å²) in [7, 11) is 0. The average molecular weight is 664 g/mol. The number of amides is 1. The number of aromatic amines is 1. The summed E-state index contributed by atoms with van der Waals surface area (Å²) < 4.78 is 17.5. The average Bonchev–Trinajstić information content (AvgIpc) is 3.60. The molecular weight excluding hydrogens is 623 g/mol. The van der Waals surface area contributed by atoms with Gasteiger partial charge in [-0.05, 0) is 87.9 Å². The smallest absolute Gasteiger partial charge is 0.414 e. The van der Waals surface area contributed by atoms with E-state index in [0.29, 0.717) is 23.3 Å². The van der Waals surface area contributed by atoms with Crippen molar-refractivity contribution in [2.75, 3.05) is 32.7 Å². The Hall–Kier alpha value is -2.62. The van der Waals surface area contributed by atoms with Gasteiger partial charge in [-0.1, -0.05) is 24.1 Å². The fraction of sp³-hybridized carbons (Fsp3) is 0.485. The molecule has 8 nitrogen and oxygen atoms in total. The Balaban J connectivity index is 0.00000192. The molecule has 2 aromatic carbocycles. The number of piperidine rings is 3. The molecule has 3 aliphatic rings. The summed E-state index contributed by atoms with van der Waals surface area (Å²) in [5.41, 5.74) is 2.52. The largest absolute Gasteiger partial charge is 0.488 e. The molecule has 11 heteroatoms. The van der Waals surface area contributed by atoms with Crippen molar-refractivity contribution in [3.63, 3.8) is 0 Å². The van der Waals surface area contributed by atoms with Crippen LogP contribution in [0.3, 0.4) is 0 Å². The number of carbonyl (C=O) groups is 1. The Morgan fingerprint density at radius 2 is 1.82 bits per heavy atom. The minimum atomic E-state index is -0.422. The van der Waals surface area contributed by atoms with Gasteiger partial charge in [0.1, 0.15) is 17.9 Å². The summed E-state index contributed by atoms with van der Waals surface area (Å²) in [5.74, 6) is 1.88. The van der Waals surface area contributed by atoms with Crippen LogP contribution in [0.1, 0.15) is 50.5 Å². The van der Waals surface area contributed by atoms with Crippen molar-refractivity contribution in [3.8, 4) is 11.6 Å². The zero-order chi connectivity index (χ0) is 28.5. The lowest BCUT2D eigenvalue weighted by atomic mass is 9.83. The van der Waals surface area contributed by atoms with Gasteiger partial charge in [0, 0.05) is 59.1 Å². The molecule has 0 radical (unpaired) electrons. The minimum Gasteiger partial charge on any atom is -0.488 e. The monoisotopic (exact) mass is 662 g/mol. The molecular formula is C33H41Cl3N4O4. The highest BCUT2D eigenvalue weighted by Crippen LogP contribution is 2.33. The maximum absolute atomic E-state index is 12.8. The molecule has 0 bridgehead atoms. The summed E-state index contributed by atoms with van der Waals surface area (Å²) >= 11 is 6.17. The minimum absolute atomic E-state index is 0. The summed E-state index contributed by atoms with van der Waals surface area (Å²) in [6.07, 6.45) is 9.99. The van der Waals surface area contributed by atoms with Gasteiger partial charge in [0.15, 0.2) is 0 Å². The molecule has 44 heavy (non-hydrogen) atoms. The highest BCUT2D eigenvalue weighted by molar-refractivity contribution is 6.31. The van der Waals surface area contributed by atoms with Gasteiger partial charge in [0.25, 0.3) is 0 Å². The van der Waals surface area contributed by atoms with Crippen LogP contribution in [-0.4, -0.2) is 65.7 Å². The van der Waals surface area contributed by atoms with E-state index >= 15 is 0 Å². The number of carbonyl (C=O) groups excluding carboxylic acids is 1. The third kappa shape index (κ3) is 7.26. The van der Waals surface area contributed by atoms with Crippen molar-refractivity contribution >= 4 is 64.4 Å². The maximum atomic E-state index is 12.8. The number of likely N-dealkylation sites (tertiary alicyclic amines) is 1. The van der Waals surface area contributed by atoms with Gasteiger partial charge in [-0.25, -0.2) is 4.79 Å². The third-order valence-electron chi connectivity index (χ3n) is 9.43. The number of benzene rings is 2. The van der Waals surface area contributed by atoms with Crippen LogP contribution in [0.25, 0.3) is 21.9 Å². The Bertz CT molecular complexity index is 1550. The van der Waals surface area contributed by atoms with Crippen LogP contribution in [0.5, 0.6) is 11.6 Å². The number of fused-ring (bicyclic) bond motifs is 3. The Morgan fingerprint density at radius 3 is 2.68 bits per heavy atom. The van der Waals surface area contributed by atoms with E-state index in [1.807, 2.05) is 36.4 Å². The first kappa shape index (κ1) is 32.8. The van der Waals surface area contributed by atoms with Gasteiger partial charge >= 0.3 is 6.09 Å². The molecule has 2 atom stereocenters. The van der Waals surface area contributed by atoms with Crippen molar-refractivity contribution in [1.82, 2.24) is 20.1 Å². The second kappa shape index (κ2) is 14.6. The van der Waals surface area contributed by atoms with Crippen LogP contribution in [-0.2, 0) is 6.61 Å². The molecule has 3 fully saturated rings. The van der Waals surface area contributed by atoms with Crippen LogP contribution in [0.2, 0.25) is 5.02 Å². The Kier molecular flexibility index (Phi) is 10.9. The number of nitrogens with zero attached hydrogens (tertiary/aromatic N) is 2. The molecule has 3 aliphatic heterocycles. The molecule has 5 heterocycles. The predicted molar refractivity (Wildman–Crippen MR) is 179 cm³/mol. The first-order chi connectivity index (χ1) is 20.6. The number of hydrogen-bond donors (Lipinski definition) is 2. The molecule has 4 aromatic rings. The maximum Gasteiger partial charge on any atom is 0.414 e. The SMILES string of the molecule is Cl.Cl.O=C(NC1CCN(C[C@@H]2CCCN3CCCC[C@H]23)CC1)Oc1cc2c(OCc3coc4ccc(Cl)cc34)cccc2[nH]1. The number of ether oxygens (including phenoxy) is 2. The number of H-pyrrole nitrogens is 1. The standard InChI is InChI=1S/C33H39ClN4O4.2ClH/c34-24-9-10-31-26(17-24)23(21-41-31)20-40-30-8-3-6-28-27(30)18-32(36-28)42-33(39)35-25-11-15-37(16-12-25)19-22-5-4-14-38-13-2-1-7-29(22)38;;/h3,6,8-10,17-18,21-22,25,29,36H,1-2,4-5,7,11-16,19-20H2,(H,35,39);2*1H/t22-,29+;;/m0../s1. The van der Waals surface area contributed by atoms with E-state index in [1.54, 1.807) is 12.3 Å². The zero-order valence-electron chi connectivity index (χ0n) is 24.8. The van der Waals surface area contributed by atoms with E-state index in [2.05, 4.69) is 20.1 Å². The summed E-state index contributed by atoms with van der Waals surface area (Å²) in [6, 6.07) is 14.0. The summed E-state index contributed by atoms with van der Waals surface area (Å²) in [6.45, 7) is 6.16. The van der Waals surface area contributed by atoms with Crippen molar-refractivity contribution < 1.29 is 18.7 Å². The molecule has 3 saturated heterocycles. The first-order valence-electron chi connectivity index (χ1n) is 15.4. The van der Waals surface area contributed by atoms with Crippen LogP contribution < -0.4 is 14.8 Å². The Labute approximate surface area is 275 Å². The van der Waals surface area contributed by atoms with E-state index in [-0.39, 0.29) is 30.9 Å². The number of halogens is 3. The number of nitrogens with one attached hydrogen (secondary N) is 2. The fourth-order valence-electron chi connectivity index (χ4n) is 7.28. The number of hydrogen-bond acceptors (Lipinski definition) is 6. The van der Waals surface area contributed by atoms with Gasteiger partial charge in [-0.15, -0.1) is 24.8 Å². The number of rotatable bonds is 7. The normalized spacial score (nSPS) is 21.3. The molecule has 0 aliphatic carbocycles. The lowest BCUT2D eigenvalue weighted by Gasteiger charge is -2.46. The van der Waals surface area contributed by atoms with E-state index < -0.39 is 6.09 Å². The lowest BCUT2D eigenvalue weighted by molar-refractivity contribution is 0.0353. The van der Waals surface area contributed by atoms with Crippen molar-refractivity contribution in [2.45, 2.75) is 63.6 Å². The first-order valence-corrected chi connectivity index (χ1v) is 15.8. The van der Waals surface area contributed by atoms with E-state index in [4.69, 9.17) is 25.5 Å². The third-order valence-corrected chi connectivity index (χ3v) is 9.67. The van der Waals surface area contributed by atoms with Crippen molar-refractivity contribution in [1.29, 1.82) is 0 Å². The zero-order valence-corrected chi connectivity index (χ0v) is 27.2. The van der Waals surface area contributed by atoms with Crippen LogP contribution >= 0.6 is 36.4 Å². The van der Waals surface area contributed by atoms with E-state index in [9.17, 15) is 4.79 Å². The van der Waals surface area contributed by atoms with Gasteiger partial charge < -0.3 is 34.0 Å². The highest BCUT2D eigenvalue weighted by atomic mass is 35.5. The summed E-state index contributed by atoms with van der Waals surface area (Å²) in [4.78, 5) is 21.4. The second-order valence-electron chi connectivity index (χ2n) is 12.2. The quantitative estimate of drug-likeness (QED) is 0.210. The van der Waals surface area contributed by atoms with E-state index in [1.165, 1.54) is 51.7 Å². The van der Waals surface area contributed by atoms with Gasteiger partial charge in [0.2, 0.25) is 5.88 Å². The van der Waals surface area contributed by atoms with Crippen LogP contribution in [0.4, 0.5) is 4.79 Å². The van der Waals surface area contributed by atoms with Crippen LogP contribution in [0.15, 0.2) is 53.1 Å². The highest BCUT2D eigenvalue weighted by Gasteiger charge is 2.34. The Morgan fingerprint density at radius 1 is 0.977 bits per heavy atom. The molecule has 238 valence electrons. The number of furan rings is 1. The lowest BCUT2D eigenvalue weighted by Crippen LogP contribution is -2.52. The molecule has 7 rings (SSSR count). The van der Waals surface area contributed by atoms with Crippen molar-refractivity contribution in [3.05, 3.63) is 59.3 Å². The molecule has 1 amide bonds. The molecule has 0 saturated carbocycles. The molecule has 2 N–H and O–H groups in total. The van der Waals surface area contributed by atoms with Gasteiger partial charge in [-0.3, -0.25) is 0 Å². The second-order valence-corrected chi connectivity index (χ2v) is 12.6. The van der Waals surface area contributed by atoms with E-state index in [0.717, 1.165) is 65.3 Å². The molecule has 0 unspecified atom stereocenters. The molecule has 0 spiro atoms. The van der Waals surface area contributed by atoms with Crippen molar-refractivity contribution in [2.24, 2.45) is 5.92 Å². The summed E-state index contributed by atoms with van der Waals surface area (Å²) in [5, 5.41) is 5.52.